The molecule has 4 rings (SSSR count). The van der Waals surface area contributed by atoms with Crippen molar-refractivity contribution in [1.82, 2.24) is 15.3 Å². The number of anilines is 3. The normalized spacial score (nSPS) is 29.0. The topological polar surface area (TPSA) is 79.1 Å². The second-order valence-electron chi connectivity index (χ2n) is 6.61. The highest BCUT2D eigenvalue weighted by molar-refractivity contribution is 5.54. The van der Waals surface area contributed by atoms with Gasteiger partial charge >= 0.3 is 0 Å². The molecule has 6 nitrogen and oxygen atoms in total. The summed E-state index contributed by atoms with van der Waals surface area (Å²) in [6.45, 7) is 3.26. The number of nitrogen functional groups attached to an aromatic ring is 1. The van der Waals surface area contributed by atoms with E-state index in [2.05, 4.69) is 31.6 Å². The number of piperidine rings is 1. The van der Waals surface area contributed by atoms with Gasteiger partial charge in [0.15, 0.2) is 0 Å². The Hall–Kier alpha value is -1.56. The summed E-state index contributed by atoms with van der Waals surface area (Å²) in [4.78, 5) is 11.1. The van der Waals surface area contributed by atoms with Crippen LogP contribution in [0.3, 0.4) is 0 Å². The first-order valence-electron chi connectivity index (χ1n) is 8.17. The quantitative estimate of drug-likeness (QED) is 0.776. The summed E-state index contributed by atoms with van der Waals surface area (Å²) in [5.41, 5.74) is 5.90. The van der Waals surface area contributed by atoms with Crippen LogP contribution in [0.4, 0.5) is 17.6 Å². The standard InChI is InChI=1S/C15H24N6/c16-15-19-13(18-11-4-1-5-11)7-14(20-15)21-8-10-3-2-6-17-12(10)9-21/h7,10-12,17H,1-6,8-9H2,(H3,16,18,19,20). The average molecular weight is 288 g/mol. The second-order valence-corrected chi connectivity index (χ2v) is 6.61. The Morgan fingerprint density at radius 2 is 2.10 bits per heavy atom. The first kappa shape index (κ1) is 13.1. The van der Waals surface area contributed by atoms with Crippen LogP contribution in [0.15, 0.2) is 6.07 Å². The SMILES string of the molecule is Nc1nc(NC2CCC2)cc(N2CC3CCCNC3C2)n1. The predicted molar refractivity (Wildman–Crippen MR) is 84.4 cm³/mol. The Morgan fingerprint density at radius 3 is 2.86 bits per heavy atom. The van der Waals surface area contributed by atoms with E-state index in [1.165, 1.54) is 32.1 Å². The Balaban J connectivity index is 1.51. The Kier molecular flexibility index (Phi) is 3.33. The maximum atomic E-state index is 5.90. The van der Waals surface area contributed by atoms with Crippen LogP contribution in [0.2, 0.25) is 0 Å². The minimum atomic E-state index is 0.372. The molecule has 0 amide bonds. The van der Waals surface area contributed by atoms with E-state index in [0.29, 0.717) is 18.0 Å². The van der Waals surface area contributed by atoms with Gasteiger partial charge in [-0.15, -0.1) is 0 Å². The zero-order valence-corrected chi connectivity index (χ0v) is 12.4. The van der Waals surface area contributed by atoms with E-state index >= 15 is 0 Å². The van der Waals surface area contributed by atoms with Crippen LogP contribution in [0, 0.1) is 5.92 Å². The number of fused-ring (bicyclic) bond motifs is 1. The minimum absolute atomic E-state index is 0.372. The van der Waals surface area contributed by atoms with Gasteiger partial charge in [0, 0.05) is 31.2 Å². The summed E-state index contributed by atoms with van der Waals surface area (Å²) >= 11 is 0. The first-order chi connectivity index (χ1) is 10.3. The molecule has 1 aromatic rings. The van der Waals surface area contributed by atoms with Crippen LogP contribution in [0.25, 0.3) is 0 Å². The largest absolute Gasteiger partial charge is 0.368 e. The van der Waals surface area contributed by atoms with Crippen LogP contribution in [0.1, 0.15) is 32.1 Å². The summed E-state index contributed by atoms with van der Waals surface area (Å²) in [6.07, 6.45) is 6.39. The number of nitrogens with zero attached hydrogens (tertiary/aromatic N) is 3. The van der Waals surface area contributed by atoms with Crippen LogP contribution in [-0.4, -0.2) is 41.7 Å². The van der Waals surface area contributed by atoms with Crippen molar-refractivity contribution in [3.8, 4) is 0 Å². The van der Waals surface area contributed by atoms with Crippen molar-refractivity contribution in [1.29, 1.82) is 0 Å². The lowest BCUT2D eigenvalue weighted by atomic mass is 9.93. The first-order valence-corrected chi connectivity index (χ1v) is 8.17. The van der Waals surface area contributed by atoms with E-state index in [0.717, 1.165) is 37.2 Å². The molecule has 1 aromatic heterocycles. The second kappa shape index (κ2) is 5.33. The maximum absolute atomic E-state index is 5.90. The fraction of sp³-hybridized carbons (Fsp3) is 0.733. The van der Waals surface area contributed by atoms with Crippen molar-refractivity contribution in [2.24, 2.45) is 5.92 Å². The van der Waals surface area contributed by atoms with E-state index in [4.69, 9.17) is 5.73 Å². The summed E-state index contributed by atoms with van der Waals surface area (Å²) in [7, 11) is 0. The monoisotopic (exact) mass is 288 g/mol. The number of hydrogen-bond donors (Lipinski definition) is 3. The summed E-state index contributed by atoms with van der Waals surface area (Å²) < 4.78 is 0. The number of nitrogens with two attached hydrogens (primary N) is 1. The van der Waals surface area contributed by atoms with E-state index in [9.17, 15) is 0 Å². The Morgan fingerprint density at radius 1 is 1.19 bits per heavy atom. The van der Waals surface area contributed by atoms with Crippen molar-refractivity contribution in [3.63, 3.8) is 0 Å². The third-order valence-electron chi connectivity index (χ3n) is 5.11. The third-order valence-corrected chi connectivity index (χ3v) is 5.11. The van der Waals surface area contributed by atoms with Gasteiger partial charge in [-0.05, 0) is 44.6 Å². The molecule has 0 spiro atoms. The molecule has 2 atom stereocenters. The van der Waals surface area contributed by atoms with Crippen molar-refractivity contribution < 1.29 is 0 Å². The number of aromatic nitrogens is 2. The van der Waals surface area contributed by atoms with Gasteiger partial charge in [0.1, 0.15) is 11.6 Å². The molecule has 3 fully saturated rings. The molecule has 1 saturated carbocycles. The molecule has 6 heteroatoms. The van der Waals surface area contributed by atoms with Gasteiger partial charge in [-0.3, -0.25) is 0 Å². The van der Waals surface area contributed by atoms with Gasteiger partial charge in [-0.1, -0.05) is 0 Å². The molecule has 2 saturated heterocycles. The van der Waals surface area contributed by atoms with Crippen LogP contribution >= 0.6 is 0 Å². The third kappa shape index (κ3) is 2.64. The van der Waals surface area contributed by atoms with Gasteiger partial charge < -0.3 is 21.3 Å². The van der Waals surface area contributed by atoms with E-state index in [1.807, 2.05) is 0 Å². The maximum Gasteiger partial charge on any atom is 0.223 e. The Bertz CT molecular complexity index is 501. The molecule has 0 aromatic carbocycles. The molecule has 3 heterocycles. The lowest BCUT2D eigenvalue weighted by Gasteiger charge is -2.27. The molecule has 21 heavy (non-hydrogen) atoms. The van der Waals surface area contributed by atoms with Gasteiger partial charge in [-0.2, -0.15) is 9.97 Å². The van der Waals surface area contributed by atoms with E-state index in [1.54, 1.807) is 0 Å². The Labute approximate surface area is 125 Å². The summed E-state index contributed by atoms with van der Waals surface area (Å²) in [5, 5.41) is 7.10. The fourth-order valence-corrected chi connectivity index (χ4v) is 3.68. The van der Waals surface area contributed by atoms with Crippen molar-refractivity contribution >= 4 is 17.6 Å². The van der Waals surface area contributed by atoms with Crippen LogP contribution in [-0.2, 0) is 0 Å². The molecule has 2 aliphatic heterocycles. The number of rotatable bonds is 3. The minimum Gasteiger partial charge on any atom is -0.368 e. The summed E-state index contributed by atoms with van der Waals surface area (Å²) in [5.74, 6) is 2.97. The van der Waals surface area contributed by atoms with Gasteiger partial charge in [-0.25, -0.2) is 0 Å². The zero-order chi connectivity index (χ0) is 14.2. The molecule has 0 radical (unpaired) electrons. The molecule has 1 aliphatic carbocycles. The van der Waals surface area contributed by atoms with E-state index < -0.39 is 0 Å². The average Bonchev–Trinajstić information content (AvgIpc) is 2.86. The highest BCUT2D eigenvalue weighted by atomic mass is 15.3. The highest BCUT2D eigenvalue weighted by Gasteiger charge is 2.35. The van der Waals surface area contributed by atoms with Crippen molar-refractivity contribution in [2.75, 3.05) is 35.6 Å². The molecule has 0 bridgehead atoms. The fourth-order valence-electron chi connectivity index (χ4n) is 3.68. The molecule has 114 valence electrons. The lowest BCUT2D eigenvalue weighted by Crippen LogP contribution is -2.40. The van der Waals surface area contributed by atoms with Gasteiger partial charge in [0.2, 0.25) is 5.95 Å². The van der Waals surface area contributed by atoms with Crippen molar-refractivity contribution in [3.05, 3.63) is 6.07 Å². The van der Waals surface area contributed by atoms with Crippen molar-refractivity contribution in [2.45, 2.75) is 44.2 Å². The van der Waals surface area contributed by atoms with E-state index in [-0.39, 0.29) is 0 Å². The highest BCUT2D eigenvalue weighted by Crippen LogP contribution is 2.30. The predicted octanol–water partition coefficient (Wildman–Crippen LogP) is 1.21. The van der Waals surface area contributed by atoms with Gasteiger partial charge in [0.05, 0.1) is 0 Å². The smallest absolute Gasteiger partial charge is 0.223 e. The van der Waals surface area contributed by atoms with Gasteiger partial charge in [0.25, 0.3) is 0 Å². The summed E-state index contributed by atoms with van der Waals surface area (Å²) in [6, 6.07) is 3.24. The molecule has 2 unspecified atom stereocenters. The molecule has 4 N–H and O–H groups in total. The molecular weight excluding hydrogens is 264 g/mol. The molecular formula is C15H24N6. The number of nitrogens with one attached hydrogen (secondary N) is 2. The number of hydrogen-bond acceptors (Lipinski definition) is 6. The lowest BCUT2D eigenvalue weighted by molar-refractivity contribution is 0.340. The zero-order valence-electron chi connectivity index (χ0n) is 12.4. The van der Waals surface area contributed by atoms with Crippen LogP contribution < -0.4 is 21.3 Å². The molecule has 3 aliphatic rings. The van der Waals surface area contributed by atoms with Crippen LogP contribution in [0.5, 0.6) is 0 Å².